The minimum absolute atomic E-state index is 0.0608. The number of nitrogens with zero attached hydrogens (tertiary/aromatic N) is 7. The summed E-state index contributed by atoms with van der Waals surface area (Å²) in [7, 11) is 0. The number of carbonyl (C=O) groups excluding carboxylic acids is 1. The number of rotatable bonds is 16. The Bertz CT molecular complexity index is 3110. The lowest BCUT2D eigenvalue weighted by Gasteiger charge is -2.38. The van der Waals surface area contributed by atoms with Gasteiger partial charge in [-0.15, -0.1) is 0 Å². The van der Waals surface area contributed by atoms with Gasteiger partial charge in [0.25, 0.3) is 11.1 Å². The molecule has 67 heavy (non-hydrogen) atoms. The zero-order valence-electron chi connectivity index (χ0n) is 38.7. The number of aromatic amines is 1. The van der Waals surface area contributed by atoms with Crippen molar-refractivity contribution in [1.29, 1.82) is 0 Å². The largest absolute Gasteiger partial charge is 0.442 e. The molecule has 8 rings (SSSR count). The average molecular weight is 907 g/mol. The van der Waals surface area contributed by atoms with E-state index in [1.807, 2.05) is 98.8 Å². The summed E-state index contributed by atoms with van der Waals surface area (Å²) in [5, 5.41) is 6.51. The zero-order valence-corrected chi connectivity index (χ0v) is 38.7. The van der Waals surface area contributed by atoms with Crippen molar-refractivity contribution in [3.05, 3.63) is 179 Å². The van der Waals surface area contributed by atoms with Gasteiger partial charge in [-0.2, -0.15) is 5.01 Å². The standard InChI is InChI=1S/C51H58N10O6/c1-6-8-28-56-44-42(46(62)58(48(56)64)32-36-16-12-10-13-17-36)53-40(54-44)30-34-22-26-39(27-23-34)60(50(66)67-51(3,4)5)61-41(31-35-20-24-38(52)25-21-35)55-43-45(61)57(29-9-7-2)49(65)59(47(43)63)33-37-18-14-11-15-19-37/h10-27,41,55H,6-9,28-33,52H2,1-5H3,(H,53,54). The van der Waals surface area contributed by atoms with Crippen LogP contribution in [0, 0.1) is 0 Å². The Morgan fingerprint density at radius 3 is 1.84 bits per heavy atom. The SMILES string of the molecule is CCCCn1c2c(c(=O)n(Cc3ccccc3)c1=O)NC(Cc1ccc(N)cc1)N2N(C(=O)OC(C)(C)C)c1ccc(Cc2nc3c([nH]2)c(=O)n(Cc2ccccc2)c(=O)n3CCCC)cc1. The predicted molar refractivity (Wildman–Crippen MR) is 263 cm³/mol. The van der Waals surface area contributed by atoms with Crippen LogP contribution in [-0.2, 0) is 43.8 Å². The first kappa shape index (κ1) is 45.9. The number of nitrogens with one attached hydrogen (secondary N) is 2. The second kappa shape index (κ2) is 19.5. The van der Waals surface area contributed by atoms with Gasteiger partial charge in [0.15, 0.2) is 11.5 Å². The average Bonchev–Trinajstić information content (AvgIpc) is 3.90. The first-order chi connectivity index (χ1) is 32.2. The number of fused-ring (bicyclic) bond motifs is 2. The van der Waals surface area contributed by atoms with Gasteiger partial charge in [0.2, 0.25) is 0 Å². The number of nitrogen functional groups attached to an aromatic ring is 1. The number of imidazole rings is 1. The number of anilines is 4. The second-order valence-electron chi connectivity index (χ2n) is 18.0. The van der Waals surface area contributed by atoms with E-state index < -0.39 is 40.4 Å². The number of hydrogen-bond acceptors (Lipinski definition) is 10. The van der Waals surface area contributed by atoms with Gasteiger partial charge in [0.1, 0.15) is 28.8 Å². The van der Waals surface area contributed by atoms with E-state index >= 15 is 0 Å². The van der Waals surface area contributed by atoms with Gasteiger partial charge in [0.05, 0.1) is 18.8 Å². The van der Waals surface area contributed by atoms with Crippen molar-refractivity contribution in [2.75, 3.05) is 21.1 Å². The maximum Gasteiger partial charge on any atom is 0.434 e. The van der Waals surface area contributed by atoms with E-state index in [-0.39, 0.29) is 43.1 Å². The highest BCUT2D eigenvalue weighted by atomic mass is 16.6. The third kappa shape index (κ3) is 9.83. The number of hydrogen-bond donors (Lipinski definition) is 3. The Hall–Kier alpha value is -7.62. The number of carbonyl (C=O) groups is 1. The zero-order chi connectivity index (χ0) is 47.4. The minimum Gasteiger partial charge on any atom is -0.442 e. The molecule has 4 heterocycles. The number of H-pyrrole nitrogens is 1. The molecule has 16 nitrogen and oxygen atoms in total. The predicted octanol–water partition coefficient (Wildman–Crippen LogP) is 7.24. The third-order valence-electron chi connectivity index (χ3n) is 11.7. The molecule has 0 saturated carbocycles. The number of ether oxygens (including phenoxy) is 1. The lowest BCUT2D eigenvalue weighted by atomic mass is 10.1. The molecule has 1 amide bonds. The van der Waals surface area contributed by atoms with Crippen molar-refractivity contribution in [1.82, 2.24) is 28.2 Å². The third-order valence-corrected chi connectivity index (χ3v) is 11.7. The Balaban J connectivity index is 1.22. The monoisotopic (exact) mass is 906 g/mol. The highest BCUT2D eigenvalue weighted by molar-refractivity contribution is 5.93. The molecule has 4 N–H and O–H groups in total. The molecule has 1 atom stereocenters. The first-order valence-electron chi connectivity index (χ1n) is 22.9. The van der Waals surface area contributed by atoms with Gasteiger partial charge in [0, 0.05) is 31.6 Å². The quantitative estimate of drug-likeness (QED) is 0.0835. The number of aromatic nitrogens is 6. The number of unbranched alkanes of at least 4 members (excludes halogenated alkanes) is 2. The van der Waals surface area contributed by atoms with Crippen molar-refractivity contribution in [3.8, 4) is 0 Å². The normalized spacial score (nSPS) is 13.4. The summed E-state index contributed by atoms with van der Waals surface area (Å²) in [6.45, 7) is 10.3. The van der Waals surface area contributed by atoms with Crippen molar-refractivity contribution in [2.45, 2.75) is 111 Å². The van der Waals surface area contributed by atoms with E-state index in [2.05, 4.69) is 10.3 Å². The molecular weight excluding hydrogens is 849 g/mol. The number of benzene rings is 4. The molecule has 16 heteroatoms. The molecule has 3 aromatic heterocycles. The highest BCUT2D eigenvalue weighted by Crippen LogP contribution is 2.37. The van der Waals surface area contributed by atoms with E-state index in [1.165, 1.54) is 14.1 Å². The van der Waals surface area contributed by atoms with Crippen LogP contribution in [0.5, 0.6) is 0 Å². The Labute approximate surface area is 387 Å². The highest BCUT2D eigenvalue weighted by Gasteiger charge is 2.43. The van der Waals surface area contributed by atoms with Crippen LogP contribution in [0.25, 0.3) is 11.2 Å². The van der Waals surface area contributed by atoms with Gasteiger partial charge < -0.3 is 20.8 Å². The first-order valence-corrected chi connectivity index (χ1v) is 22.9. The van der Waals surface area contributed by atoms with Crippen LogP contribution in [0.3, 0.4) is 0 Å². The number of nitrogens with two attached hydrogens (primary N) is 1. The molecule has 0 spiro atoms. The van der Waals surface area contributed by atoms with E-state index in [1.54, 1.807) is 59.2 Å². The van der Waals surface area contributed by atoms with Gasteiger partial charge in [-0.3, -0.25) is 27.9 Å². The Morgan fingerprint density at radius 1 is 0.701 bits per heavy atom. The summed E-state index contributed by atoms with van der Waals surface area (Å²) in [5.74, 6) is 0.733. The second-order valence-corrected chi connectivity index (χ2v) is 18.0. The topological polar surface area (TPSA) is 188 Å². The molecule has 0 aliphatic carbocycles. The molecule has 0 fully saturated rings. The van der Waals surface area contributed by atoms with Gasteiger partial charge in [-0.05, 0) is 80.1 Å². The molecule has 7 aromatic rings. The van der Waals surface area contributed by atoms with E-state index in [0.29, 0.717) is 42.2 Å². The van der Waals surface area contributed by atoms with Crippen LogP contribution in [-0.4, -0.2) is 46.1 Å². The van der Waals surface area contributed by atoms with Crippen molar-refractivity contribution >= 4 is 40.1 Å². The summed E-state index contributed by atoms with van der Waals surface area (Å²) in [6.07, 6.45) is 2.07. The summed E-state index contributed by atoms with van der Waals surface area (Å²) in [4.78, 5) is 79.8. The molecule has 0 saturated heterocycles. The number of amides is 1. The maximum atomic E-state index is 14.8. The molecule has 0 bridgehead atoms. The van der Waals surface area contributed by atoms with Crippen LogP contribution in [0.4, 0.5) is 27.7 Å². The van der Waals surface area contributed by atoms with Gasteiger partial charge in [-0.25, -0.2) is 24.4 Å². The minimum atomic E-state index is -0.919. The van der Waals surface area contributed by atoms with Crippen LogP contribution in [0.1, 0.15) is 88.4 Å². The van der Waals surface area contributed by atoms with Crippen LogP contribution in [0.2, 0.25) is 0 Å². The summed E-state index contributed by atoms with van der Waals surface area (Å²) in [6, 6.07) is 33.4. The Morgan fingerprint density at radius 2 is 1.25 bits per heavy atom. The lowest BCUT2D eigenvalue weighted by molar-refractivity contribution is 0.0573. The molecule has 1 aliphatic rings. The van der Waals surface area contributed by atoms with Gasteiger partial charge >= 0.3 is 17.5 Å². The fraction of sp³-hybridized carbons (Fsp3) is 0.333. The molecule has 1 aliphatic heterocycles. The van der Waals surface area contributed by atoms with Crippen LogP contribution in [0.15, 0.2) is 128 Å². The van der Waals surface area contributed by atoms with E-state index in [0.717, 1.165) is 41.5 Å². The Kier molecular flexibility index (Phi) is 13.3. The van der Waals surface area contributed by atoms with Crippen LogP contribution < -0.4 is 43.6 Å². The lowest BCUT2D eigenvalue weighted by Crippen LogP contribution is -2.55. The van der Waals surface area contributed by atoms with E-state index in [9.17, 15) is 24.0 Å². The fourth-order valence-corrected chi connectivity index (χ4v) is 8.39. The van der Waals surface area contributed by atoms with Crippen molar-refractivity contribution in [3.63, 3.8) is 0 Å². The summed E-state index contributed by atoms with van der Waals surface area (Å²) >= 11 is 0. The fourth-order valence-electron chi connectivity index (χ4n) is 8.39. The molecule has 0 radical (unpaired) electrons. The summed E-state index contributed by atoms with van der Waals surface area (Å²) in [5.41, 5.74) is 8.29. The van der Waals surface area contributed by atoms with Crippen molar-refractivity contribution in [2.24, 2.45) is 0 Å². The van der Waals surface area contributed by atoms with E-state index in [4.69, 9.17) is 15.5 Å². The number of aryl methyl sites for hydroxylation is 1. The molecule has 348 valence electrons. The molecular formula is C51H58N10O6. The van der Waals surface area contributed by atoms with Crippen LogP contribution >= 0.6 is 0 Å². The van der Waals surface area contributed by atoms with Crippen molar-refractivity contribution < 1.29 is 9.53 Å². The maximum absolute atomic E-state index is 14.8. The summed E-state index contributed by atoms with van der Waals surface area (Å²) < 4.78 is 11.8. The smallest absolute Gasteiger partial charge is 0.434 e. The van der Waals surface area contributed by atoms with Gasteiger partial charge in [-0.1, -0.05) is 112 Å². The molecule has 1 unspecified atom stereocenters. The molecule has 4 aromatic carbocycles. The number of hydrazine groups is 1.